The average molecular weight is 456 g/mol. The fraction of sp³-hybridized carbons (Fsp3) is 0.167. The smallest absolute Gasteiger partial charge is 0.414 e. The van der Waals surface area contributed by atoms with Crippen molar-refractivity contribution in [3.05, 3.63) is 106 Å². The number of hydrogen-bond acceptors (Lipinski definition) is 4. The second kappa shape index (κ2) is 9.41. The fourth-order valence-electron chi connectivity index (χ4n) is 3.47. The Balaban J connectivity index is 1.63. The van der Waals surface area contributed by atoms with Crippen molar-refractivity contribution in [1.82, 2.24) is 4.90 Å². The first-order valence-electron chi connectivity index (χ1n) is 9.71. The van der Waals surface area contributed by atoms with Crippen molar-refractivity contribution in [3.63, 3.8) is 0 Å². The van der Waals surface area contributed by atoms with Crippen molar-refractivity contribution in [2.24, 2.45) is 0 Å². The summed E-state index contributed by atoms with van der Waals surface area (Å²) in [4.78, 5) is 27.2. The number of ether oxygens (including phenoxy) is 2. The number of hydrogen-bond donors (Lipinski definition) is 0. The molecular weight excluding hydrogens is 437 g/mol. The third-order valence-corrected chi connectivity index (χ3v) is 5.57. The van der Waals surface area contributed by atoms with Gasteiger partial charge in [0, 0.05) is 17.0 Å². The summed E-state index contributed by atoms with van der Waals surface area (Å²) in [5.41, 5.74) is 2.20. The Bertz CT molecular complexity index is 1080. The van der Waals surface area contributed by atoms with Crippen LogP contribution in [-0.2, 0) is 27.3 Å². The van der Waals surface area contributed by atoms with E-state index in [4.69, 9.17) is 32.7 Å². The maximum Gasteiger partial charge on any atom is 0.414 e. The summed E-state index contributed by atoms with van der Waals surface area (Å²) in [7, 11) is 0. The normalized spacial score (nSPS) is 18.0. The standard InChI is InChI=1S/C24H19Cl2NO4/c25-18-11-12-19(20(26)14-18)22-27(24(29)30-15-17-9-5-2-6-10-17)21(23(28)31-22)13-16-7-3-1-4-8-16/h1-12,14,21-22H,13,15H2. The molecule has 1 amide bonds. The number of rotatable bonds is 5. The first-order chi connectivity index (χ1) is 15.0. The number of carbonyl (C=O) groups is 2. The molecule has 1 heterocycles. The summed E-state index contributed by atoms with van der Waals surface area (Å²) in [5, 5.41) is 0.739. The zero-order chi connectivity index (χ0) is 21.8. The van der Waals surface area contributed by atoms with E-state index in [1.165, 1.54) is 4.90 Å². The first-order valence-corrected chi connectivity index (χ1v) is 10.5. The molecule has 4 rings (SSSR count). The van der Waals surface area contributed by atoms with Crippen molar-refractivity contribution >= 4 is 35.3 Å². The summed E-state index contributed by atoms with van der Waals surface area (Å²) in [5.74, 6) is -0.517. The van der Waals surface area contributed by atoms with Gasteiger partial charge < -0.3 is 9.47 Å². The van der Waals surface area contributed by atoms with Gasteiger partial charge >= 0.3 is 12.1 Å². The van der Waals surface area contributed by atoms with Crippen LogP contribution in [0.25, 0.3) is 0 Å². The Morgan fingerprint density at radius 3 is 2.23 bits per heavy atom. The van der Waals surface area contributed by atoms with Gasteiger partial charge in [0.1, 0.15) is 12.6 Å². The Morgan fingerprint density at radius 1 is 0.935 bits per heavy atom. The van der Waals surface area contributed by atoms with Crippen LogP contribution in [-0.4, -0.2) is 23.0 Å². The Morgan fingerprint density at radius 2 is 1.58 bits per heavy atom. The highest BCUT2D eigenvalue weighted by Crippen LogP contribution is 2.38. The Hall–Kier alpha value is -3.02. The van der Waals surface area contributed by atoms with Crippen LogP contribution in [0.1, 0.15) is 22.9 Å². The van der Waals surface area contributed by atoms with Crippen molar-refractivity contribution in [3.8, 4) is 0 Å². The lowest BCUT2D eigenvalue weighted by atomic mass is 10.0. The van der Waals surface area contributed by atoms with Gasteiger partial charge in [0.25, 0.3) is 0 Å². The quantitative estimate of drug-likeness (QED) is 0.456. The van der Waals surface area contributed by atoms with E-state index in [2.05, 4.69) is 0 Å². The highest BCUT2D eigenvalue weighted by molar-refractivity contribution is 6.35. The lowest BCUT2D eigenvalue weighted by Crippen LogP contribution is -2.41. The second-order valence-corrected chi connectivity index (χ2v) is 7.95. The molecule has 31 heavy (non-hydrogen) atoms. The molecule has 1 aliphatic rings. The summed E-state index contributed by atoms with van der Waals surface area (Å²) >= 11 is 12.4. The van der Waals surface area contributed by atoms with E-state index in [0.717, 1.165) is 11.1 Å². The molecule has 0 saturated carbocycles. The van der Waals surface area contributed by atoms with Crippen molar-refractivity contribution < 1.29 is 19.1 Å². The van der Waals surface area contributed by atoms with Gasteiger partial charge in [-0.15, -0.1) is 0 Å². The van der Waals surface area contributed by atoms with Crippen LogP contribution >= 0.6 is 23.2 Å². The van der Waals surface area contributed by atoms with Gasteiger partial charge in [-0.05, 0) is 23.3 Å². The molecule has 2 atom stereocenters. The van der Waals surface area contributed by atoms with Gasteiger partial charge in [-0.2, -0.15) is 0 Å². The van der Waals surface area contributed by atoms with E-state index in [1.807, 2.05) is 60.7 Å². The Kier molecular flexibility index (Phi) is 6.44. The number of benzene rings is 3. The highest BCUT2D eigenvalue weighted by atomic mass is 35.5. The van der Waals surface area contributed by atoms with Crippen LogP contribution in [0.15, 0.2) is 78.9 Å². The maximum absolute atomic E-state index is 13.1. The van der Waals surface area contributed by atoms with Crippen molar-refractivity contribution in [2.75, 3.05) is 0 Å². The van der Waals surface area contributed by atoms with E-state index >= 15 is 0 Å². The topological polar surface area (TPSA) is 55.8 Å². The van der Waals surface area contributed by atoms with Crippen molar-refractivity contribution in [1.29, 1.82) is 0 Å². The predicted molar refractivity (Wildman–Crippen MR) is 118 cm³/mol. The molecule has 0 N–H and O–H groups in total. The monoisotopic (exact) mass is 455 g/mol. The van der Waals surface area contributed by atoms with E-state index in [1.54, 1.807) is 18.2 Å². The van der Waals surface area contributed by atoms with Crippen LogP contribution in [0.5, 0.6) is 0 Å². The molecule has 1 fully saturated rings. The molecule has 0 aromatic heterocycles. The molecule has 0 radical (unpaired) electrons. The molecule has 2 unspecified atom stereocenters. The molecule has 1 saturated heterocycles. The van der Waals surface area contributed by atoms with Crippen LogP contribution in [0.4, 0.5) is 4.79 Å². The minimum absolute atomic E-state index is 0.0729. The largest absolute Gasteiger partial charge is 0.444 e. The van der Waals surface area contributed by atoms with Gasteiger partial charge in [-0.25, -0.2) is 9.59 Å². The first kappa shape index (κ1) is 21.2. The second-order valence-electron chi connectivity index (χ2n) is 7.11. The molecule has 3 aromatic rings. The molecule has 0 spiro atoms. The molecule has 3 aromatic carbocycles. The van der Waals surface area contributed by atoms with Crippen molar-refractivity contribution in [2.45, 2.75) is 25.3 Å². The lowest BCUT2D eigenvalue weighted by molar-refractivity contribution is -0.142. The molecule has 5 nitrogen and oxygen atoms in total. The number of nitrogens with zero attached hydrogens (tertiary/aromatic N) is 1. The number of carbonyl (C=O) groups excluding carboxylic acids is 2. The number of cyclic esters (lactones) is 1. The summed E-state index contributed by atoms with van der Waals surface area (Å²) < 4.78 is 11.1. The third kappa shape index (κ3) is 4.84. The maximum atomic E-state index is 13.1. The van der Waals surface area contributed by atoms with Gasteiger partial charge in [-0.1, -0.05) is 89.9 Å². The molecule has 1 aliphatic heterocycles. The fourth-order valence-corrected chi connectivity index (χ4v) is 3.98. The molecule has 0 bridgehead atoms. The summed E-state index contributed by atoms with van der Waals surface area (Å²) in [6.07, 6.45) is -1.37. The van der Waals surface area contributed by atoms with Gasteiger partial charge in [0.2, 0.25) is 6.23 Å². The van der Waals surface area contributed by atoms with E-state index in [0.29, 0.717) is 22.0 Å². The third-order valence-electron chi connectivity index (χ3n) is 5.00. The van der Waals surface area contributed by atoms with Gasteiger partial charge in [-0.3, -0.25) is 4.90 Å². The van der Waals surface area contributed by atoms with Crippen LogP contribution in [0, 0.1) is 0 Å². The minimum Gasteiger partial charge on any atom is -0.444 e. The molecular formula is C24H19Cl2NO4. The minimum atomic E-state index is -1.01. The van der Waals surface area contributed by atoms with E-state index < -0.39 is 24.3 Å². The molecule has 158 valence electrons. The SMILES string of the molecule is O=C1OC(c2ccc(Cl)cc2Cl)N(C(=O)OCc2ccccc2)C1Cc1ccccc1. The number of amides is 1. The van der Waals surface area contributed by atoms with E-state index in [9.17, 15) is 9.59 Å². The number of esters is 1. The zero-order valence-corrected chi connectivity index (χ0v) is 17.9. The van der Waals surface area contributed by atoms with Crippen LogP contribution < -0.4 is 0 Å². The molecule has 0 aliphatic carbocycles. The van der Waals surface area contributed by atoms with Gasteiger partial charge in [0.15, 0.2) is 0 Å². The molecule has 7 heteroatoms. The van der Waals surface area contributed by atoms with Crippen LogP contribution in [0.3, 0.4) is 0 Å². The van der Waals surface area contributed by atoms with E-state index in [-0.39, 0.29) is 6.61 Å². The summed E-state index contributed by atoms with van der Waals surface area (Å²) in [6, 6.07) is 22.7. The Labute approximate surface area is 190 Å². The lowest BCUT2D eigenvalue weighted by Gasteiger charge is -2.26. The van der Waals surface area contributed by atoms with Gasteiger partial charge in [0.05, 0.1) is 5.02 Å². The predicted octanol–water partition coefficient (Wildman–Crippen LogP) is 5.80. The highest BCUT2D eigenvalue weighted by Gasteiger charge is 2.47. The number of halogens is 2. The van der Waals surface area contributed by atoms with Crippen LogP contribution in [0.2, 0.25) is 10.0 Å². The summed E-state index contributed by atoms with van der Waals surface area (Å²) in [6.45, 7) is 0.0729. The average Bonchev–Trinajstić information content (AvgIpc) is 3.09. The zero-order valence-electron chi connectivity index (χ0n) is 16.4.